The third-order valence-corrected chi connectivity index (χ3v) is 6.25. The highest BCUT2D eigenvalue weighted by Gasteiger charge is 2.42. The Hall–Kier alpha value is -2.31. The summed E-state index contributed by atoms with van der Waals surface area (Å²) in [6.45, 7) is 0. The molecule has 6 heteroatoms. The van der Waals surface area contributed by atoms with Crippen LogP contribution in [0.4, 0.5) is 0 Å². The summed E-state index contributed by atoms with van der Waals surface area (Å²) in [6, 6.07) is 12.6. The Kier molecular flexibility index (Phi) is 3.53. The highest BCUT2D eigenvalue weighted by molar-refractivity contribution is 7.12. The normalized spacial score (nSPS) is 21.3. The molecular weight excluding hydrogens is 352 g/mol. The lowest BCUT2D eigenvalue weighted by Crippen LogP contribution is -2.33. The van der Waals surface area contributed by atoms with Crippen LogP contribution >= 0.6 is 22.7 Å². The molecule has 0 saturated heterocycles. The number of para-hydroxylation sites is 1. The zero-order chi connectivity index (χ0) is 16.8. The Morgan fingerprint density at radius 2 is 2.16 bits per heavy atom. The van der Waals surface area contributed by atoms with Gasteiger partial charge in [0.1, 0.15) is 0 Å². The second-order valence-electron chi connectivity index (χ2n) is 6.03. The van der Waals surface area contributed by atoms with Crippen LogP contribution in [0.3, 0.4) is 0 Å². The van der Waals surface area contributed by atoms with Gasteiger partial charge in [0, 0.05) is 17.5 Å². The second kappa shape index (κ2) is 5.89. The number of hydrogen-bond acceptors (Lipinski definition) is 6. The second-order valence-corrected chi connectivity index (χ2v) is 7.76. The number of methoxy groups -OCH3 is 1. The van der Waals surface area contributed by atoms with Gasteiger partial charge in [-0.2, -0.15) is 16.4 Å². The van der Waals surface area contributed by atoms with E-state index in [4.69, 9.17) is 14.6 Å². The lowest BCUT2D eigenvalue weighted by atomic mass is 9.97. The molecule has 0 N–H and O–H groups in total. The van der Waals surface area contributed by atoms with E-state index in [1.165, 1.54) is 4.88 Å². The van der Waals surface area contributed by atoms with E-state index in [0.29, 0.717) is 0 Å². The first-order valence-electron chi connectivity index (χ1n) is 8.10. The van der Waals surface area contributed by atoms with E-state index in [2.05, 4.69) is 45.4 Å². The van der Waals surface area contributed by atoms with Gasteiger partial charge in [-0.25, -0.2) is 5.01 Å². The topological polar surface area (TPSA) is 34.1 Å². The summed E-state index contributed by atoms with van der Waals surface area (Å²) >= 11 is 3.41. The van der Waals surface area contributed by atoms with E-state index in [0.717, 1.165) is 34.8 Å². The van der Waals surface area contributed by atoms with E-state index in [1.54, 1.807) is 29.8 Å². The fraction of sp³-hybridized carbons (Fsp3) is 0.211. The van der Waals surface area contributed by atoms with Crippen LogP contribution in [0.5, 0.6) is 11.5 Å². The standard InChI is InChI=1S/C19H16N2O2S2/c1-22-16-5-2-4-13-15-10-14(17-6-3-8-25-17)20-21(15)19(23-18(13)16)12-7-9-24-11-12/h2-9,11,15,19H,10H2,1H3/t15-,19-/m0/s1. The van der Waals surface area contributed by atoms with Gasteiger partial charge in [0.15, 0.2) is 11.5 Å². The van der Waals surface area contributed by atoms with Crippen LogP contribution in [0.15, 0.2) is 57.6 Å². The number of ether oxygens (including phenoxy) is 2. The van der Waals surface area contributed by atoms with Crippen LogP contribution < -0.4 is 9.47 Å². The maximum Gasteiger partial charge on any atom is 0.214 e. The molecule has 2 aromatic heterocycles. The molecule has 0 fully saturated rings. The molecule has 4 nitrogen and oxygen atoms in total. The number of rotatable bonds is 3. The quantitative estimate of drug-likeness (QED) is 0.648. The first-order valence-corrected chi connectivity index (χ1v) is 9.93. The Morgan fingerprint density at radius 1 is 1.20 bits per heavy atom. The minimum absolute atomic E-state index is 0.167. The van der Waals surface area contributed by atoms with Crippen molar-refractivity contribution in [1.82, 2.24) is 5.01 Å². The van der Waals surface area contributed by atoms with E-state index < -0.39 is 0 Å². The zero-order valence-electron chi connectivity index (χ0n) is 13.6. The van der Waals surface area contributed by atoms with Gasteiger partial charge in [-0.05, 0) is 34.3 Å². The SMILES string of the molecule is COc1cccc2c1O[C@@H](c1ccsc1)N1N=C(c3cccs3)C[C@@H]21. The lowest BCUT2D eigenvalue weighted by Gasteiger charge is -2.38. The van der Waals surface area contributed by atoms with Gasteiger partial charge in [0.25, 0.3) is 0 Å². The molecule has 5 rings (SSSR count). The van der Waals surface area contributed by atoms with Crippen LogP contribution in [0.1, 0.15) is 34.7 Å². The summed E-state index contributed by atoms with van der Waals surface area (Å²) in [5.74, 6) is 1.62. The van der Waals surface area contributed by atoms with E-state index >= 15 is 0 Å². The first-order chi connectivity index (χ1) is 12.3. The van der Waals surface area contributed by atoms with Crippen molar-refractivity contribution in [3.05, 3.63) is 68.5 Å². The molecule has 0 bridgehead atoms. The van der Waals surface area contributed by atoms with Gasteiger partial charge in [-0.15, -0.1) is 11.3 Å². The summed E-state index contributed by atoms with van der Waals surface area (Å²) in [4.78, 5) is 1.22. The maximum atomic E-state index is 6.38. The Bertz CT molecular complexity index is 919. The number of fused-ring (bicyclic) bond motifs is 3. The maximum absolute atomic E-state index is 6.38. The van der Waals surface area contributed by atoms with Gasteiger partial charge in [0.05, 0.1) is 23.7 Å². The summed E-state index contributed by atoms with van der Waals surface area (Å²) < 4.78 is 11.9. The van der Waals surface area contributed by atoms with Crippen LogP contribution in [0.2, 0.25) is 0 Å². The fourth-order valence-electron chi connectivity index (χ4n) is 3.47. The van der Waals surface area contributed by atoms with Gasteiger partial charge >= 0.3 is 0 Å². The van der Waals surface area contributed by atoms with Crippen molar-refractivity contribution in [2.75, 3.05) is 7.11 Å². The molecule has 0 aliphatic carbocycles. The predicted molar refractivity (Wildman–Crippen MR) is 101 cm³/mol. The van der Waals surface area contributed by atoms with E-state index in [-0.39, 0.29) is 12.3 Å². The smallest absolute Gasteiger partial charge is 0.214 e. The number of thiophene rings is 2. The molecular formula is C19H16N2O2S2. The van der Waals surface area contributed by atoms with Gasteiger partial charge in [-0.3, -0.25) is 0 Å². The average molecular weight is 368 g/mol. The minimum Gasteiger partial charge on any atom is -0.493 e. The Morgan fingerprint density at radius 3 is 2.92 bits per heavy atom. The van der Waals surface area contributed by atoms with Crippen molar-refractivity contribution in [3.63, 3.8) is 0 Å². The first kappa shape index (κ1) is 15.0. The molecule has 0 saturated carbocycles. The molecule has 0 radical (unpaired) electrons. The number of benzene rings is 1. The van der Waals surface area contributed by atoms with Gasteiger partial charge in [0.2, 0.25) is 6.23 Å². The highest BCUT2D eigenvalue weighted by atomic mass is 32.1. The van der Waals surface area contributed by atoms with Crippen molar-refractivity contribution in [3.8, 4) is 11.5 Å². The summed E-state index contributed by atoms with van der Waals surface area (Å²) in [5.41, 5.74) is 3.39. The number of hydrogen-bond donors (Lipinski definition) is 0. The zero-order valence-corrected chi connectivity index (χ0v) is 15.2. The molecule has 2 atom stereocenters. The Labute approximate surface area is 153 Å². The Balaban J connectivity index is 1.63. The minimum atomic E-state index is -0.225. The third kappa shape index (κ3) is 2.36. The summed E-state index contributed by atoms with van der Waals surface area (Å²) in [5, 5.41) is 13.4. The van der Waals surface area contributed by atoms with Crippen LogP contribution in [-0.4, -0.2) is 17.8 Å². The van der Waals surface area contributed by atoms with E-state index in [9.17, 15) is 0 Å². The summed E-state index contributed by atoms with van der Waals surface area (Å²) in [6.07, 6.45) is 0.655. The third-order valence-electron chi connectivity index (χ3n) is 4.63. The van der Waals surface area contributed by atoms with Crippen LogP contribution in [0.25, 0.3) is 0 Å². The number of hydrazone groups is 1. The molecule has 2 aliphatic rings. The van der Waals surface area contributed by atoms with Crippen molar-refractivity contribution in [2.24, 2.45) is 5.10 Å². The van der Waals surface area contributed by atoms with Crippen molar-refractivity contribution in [2.45, 2.75) is 18.7 Å². The predicted octanol–water partition coefficient (Wildman–Crippen LogP) is 5.06. The number of nitrogens with zero attached hydrogens (tertiary/aromatic N) is 2. The molecule has 4 heterocycles. The molecule has 0 unspecified atom stereocenters. The monoisotopic (exact) mass is 368 g/mol. The molecule has 0 spiro atoms. The van der Waals surface area contributed by atoms with E-state index in [1.807, 2.05) is 12.1 Å². The average Bonchev–Trinajstić information content (AvgIpc) is 3.41. The van der Waals surface area contributed by atoms with Crippen LogP contribution in [-0.2, 0) is 0 Å². The molecule has 25 heavy (non-hydrogen) atoms. The summed E-state index contributed by atoms with van der Waals surface area (Å²) in [7, 11) is 1.69. The van der Waals surface area contributed by atoms with Crippen molar-refractivity contribution < 1.29 is 9.47 Å². The molecule has 2 aliphatic heterocycles. The largest absolute Gasteiger partial charge is 0.493 e. The molecule has 3 aromatic rings. The molecule has 0 amide bonds. The van der Waals surface area contributed by atoms with Crippen LogP contribution in [0, 0.1) is 0 Å². The molecule has 126 valence electrons. The van der Waals surface area contributed by atoms with Crippen molar-refractivity contribution >= 4 is 28.4 Å². The highest BCUT2D eigenvalue weighted by Crippen LogP contribution is 2.50. The lowest BCUT2D eigenvalue weighted by molar-refractivity contribution is -0.0206. The molecule has 1 aromatic carbocycles. The van der Waals surface area contributed by atoms with Crippen molar-refractivity contribution in [1.29, 1.82) is 0 Å². The van der Waals surface area contributed by atoms with Gasteiger partial charge < -0.3 is 9.47 Å². The fourth-order valence-corrected chi connectivity index (χ4v) is 4.86. The van der Waals surface area contributed by atoms with Gasteiger partial charge in [-0.1, -0.05) is 18.2 Å².